The maximum Gasteiger partial charge on any atom is 0.132 e. The molecule has 1 N–H and O–H groups in total. The Balaban J connectivity index is 1.98. The van der Waals surface area contributed by atoms with Gasteiger partial charge in [0.15, 0.2) is 0 Å². The lowest BCUT2D eigenvalue weighted by Crippen LogP contribution is -1.96. The van der Waals surface area contributed by atoms with Crippen molar-refractivity contribution in [3.63, 3.8) is 0 Å². The Labute approximate surface area is 110 Å². The van der Waals surface area contributed by atoms with Crippen molar-refractivity contribution < 1.29 is 9.84 Å². The smallest absolute Gasteiger partial charge is 0.132 e. The summed E-state index contributed by atoms with van der Waals surface area (Å²) in [5.41, 5.74) is 2.09. The van der Waals surface area contributed by atoms with Gasteiger partial charge in [0.25, 0.3) is 0 Å². The Morgan fingerprint density at radius 3 is 3.00 bits per heavy atom. The van der Waals surface area contributed by atoms with Crippen LogP contribution in [0.1, 0.15) is 11.4 Å². The molecule has 4 nitrogen and oxygen atoms in total. The van der Waals surface area contributed by atoms with Gasteiger partial charge >= 0.3 is 0 Å². The average Bonchev–Trinajstić information content (AvgIpc) is 2.81. The molecule has 0 saturated heterocycles. The minimum Gasteiger partial charge on any atom is -0.506 e. The van der Waals surface area contributed by atoms with E-state index in [4.69, 9.17) is 4.74 Å². The van der Waals surface area contributed by atoms with Gasteiger partial charge in [0.2, 0.25) is 0 Å². The molecule has 0 spiro atoms. The molecule has 2 aromatic heterocycles. The highest BCUT2D eigenvalue weighted by Gasteiger charge is 2.06. The number of pyridine rings is 1. The fourth-order valence-electron chi connectivity index (χ4n) is 2.13. The number of hydrogen-bond donors (Lipinski definition) is 1. The Morgan fingerprint density at radius 1 is 1.26 bits per heavy atom. The summed E-state index contributed by atoms with van der Waals surface area (Å²) in [5, 5.41) is 9.55. The van der Waals surface area contributed by atoms with Gasteiger partial charge in [0.1, 0.15) is 17.3 Å². The lowest BCUT2D eigenvalue weighted by atomic mass is 10.1. The fraction of sp³-hybridized carbons (Fsp3) is 0.133. The third-order valence-corrected chi connectivity index (χ3v) is 3.08. The molecule has 0 aliphatic rings. The first-order valence-corrected chi connectivity index (χ1v) is 6.04. The Hall–Kier alpha value is -2.49. The van der Waals surface area contributed by atoms with Crippen LogP contribution in [-0.2, 0) is 6.42 Å². The van der Waals surface area contributed by atoms with Crippen molar-refractivity contribution in [1.82, 2.24) is 9.38 Å². The predicted octanol–water partition coefficient (Wildman–Crippen LogP) is 2.64. The monoisotopic (exact) mass is 254 g/mol. The molecule has 3 rings (SSSR count). The molecular formula is C15H14N2O2. The summed E-state index contributed by atoms with van der Waals surface area (Å²) < 4.78 is 7.11. The summed E-state index contributed by atoms with van der Waals surface area (Å²) in [6.07, 6.45) is 4.17. The third-order valence-electron chi connectivity index (χ3n) is 3.08. The number of aromatic nitrogens is 2. The van der Waals surface area contributed by atoms with Crippen LogP contribution in [-0.4, -0.2) is 21.6 Å². The summed E-state index contributed by atoms with van der Waals surface area (Å²) in [6, 6.07) is 11.4. The molecule has 0 fully saturated rings. The number of hydrogen-bond acceptors (Lipinski definition) is 3. The Kier molecular flexibility index (Phi) is 2.83. The molecule has 2 heterocycles. The SMILES string of the molecule is COc1cccc(Cc2ncc3ccc(O)cn23)c1. The van der Waals surface area contributed by atoms with Gasteiger partial charge < -0.3 is 9.84 Å². The predicted molar refractivity (Wildman–Crippen MR) is 72.7 cm³/mol. The van der Waals surface area contributed by atoms with Crippen LogP contribution >= 0.6 is 0 Å². The van der Waals surface area contributed by atoms with Gasteiger partial charge in [-0.3, -0.25) is 4.40 Å². The van der Waals surface area contributed by atoms with Crippen molar-refractivity contribution in [3.05, 3.63) is 60.2 Å². The third kappa shape index (κ3) is 2.25. The molecule has 0 saturated carbocycles. The number of methoxy groups -OCH3 is 1. The van der Waals surface area contributed by atoms with E-state index in [9.17, 15) is 5.11 Å². The first-order chi connectivity index (χ1) is 9.26. The molecule has 0 radical (unpaired) electrons. The van der Waals surface area contributed by atoms with Gasteiger partial charge in [-0.15, -0.1) is 0 Å². The second-order valence-corrected chi connectivity index (χ2v) is 4.38. The lowest BCUT2D eigenvalue weighted by Gasteiger charge is -2.05. The maximum absolute atomic E-state index is 9.55. The van der Waals surface area contributed by atoms with Crippen LogP contribution in [0.15, 0.2) is 48.8 Å². The van der Waals surface area contributed by atoms with E-state index in [0.717, 1.165) is 22.7 Å². The largest absolute Gasteiger partial charge is 0.506 e. The number of ether oxygens (including phenoxy) is 1. The number of imidazole rings is 1. The van der Waals surface area contributed by atoms with Gasteiger partial charge in [-0.05, 0) is 29.8 Å². The van der Waals surface area contributed by atoms with Crippen molar-refractivity contribution in [2.45, 2.75) is 6.42 Å². The molecule has 96 valence electrons. The van der Waals surface area contributed by atoms with Crippen molar-refractivity contribution >= 4 is 5.52 Å². The molecule has 3 aromatic rings. The molecule has 0 amide bonds. The van der Waals surface area contributed by atoms with Gasteiger partial charge in [0, 0.05) is 6.42 Å². The summed E-state index contributed by atoms with van der Waals surface area (Å²) in [4.78, 5) is 4.40. The number of rotatable bonds is 3. The van der Waals surface area contributed by atoms with Crippen LogP contribution < -0.4 is 4.74 Å². The molecule has 0 atom stereocenters. The standard InChI is InChI=1S/C15H14N2O2/c1-19-14-4-2-3-11(7-14)8-15-16-9-12-5-6-13(18)10-17(12)15/h2-7,9-10,18H,8H2,1H3. The average molecular weight is 254 g/mol. The molecule has 0 aliphatic carbocycles. The Bertz CT molecular complexity index is 719. The first kappa shape index (κ1) is 11.6. The molecule has 1 aromatic carbocycles. The molecule has 0 aliphatic heterocycles. The van der Waals surface area contributed by atoms with E-state index >= 15 is 0 Å². The van der Waals surface area contributed by atoms with Crippen LogP contribution in [0.2, 0.25) is 0 Å². The highest BCUT2D eigenvalue weighted by atomic mass is 16.5. The van der Waals surface area contributed by atoms with Gasteiger partial charge in [-0.2, -0.15) is 0 Å². The van der Waals surface area contributed by atoms with Gasteiger partial charge in [-0.1, -0.05) is 12.1 Å². The summed E-state index contributed by atoms with van der Waals surface area (Å²) in [7, 11) is 1.65. The summed E-state index contributed by atoms with van der Waals surface area (Å²) >= 11 is 0. The van der Waals surface area contributed by atoms with Crippen LogP contribution in [0, 0.1) is 0 Å². The second-order valence-electron chi connectivity index (χ2n) is 4.38. The zero-order chi connectivity index (χ0) is 13.2. The van der Waals surface area contributed by atoms with E-state index < -0.39 is 0 Å². The van der Waals surface area contributed by atoms with E-state index in [-0.39, 0.29) is 5.75 Å². The van der Waals surface area contributed by atoms with E-state index in [2.05, 4.69) is 4.98 Å². The highest BCUT2D eigenvalue weighted by Crippen LogP contribution is 2.18. The molecular weight excluding hydrogens is 240 g/mol. The van der Waals surface area contributed by atoms with E-state index in [1.807, 2.05) is 34.7 Å². The minimum atomic E-state index is 0.234. The molecule has 4 heteroatoms. The van der Waals surface area contributed by atoms with Gasteiger partial charge in [-0.25, -0.2) is 4.98 Å². The van der Waals surface area contributed by atoms with Crippen molar-refractivity contribution in [1.29, 1.82) is 0 Å². The van der Waals surface area contributed by atoms with Crippen molar-refractivity contribution in [3.8, 4) is 11.5 Å². The van der Waals surface area contributed by atoms with Crippen LogP contribution in [0.5, 0.6) is 11.5 Å². The van der Waals surface area contributed by atoms with Crippen molar-refractivity contribution in [2.75, 3.05) is 7.11 Å². The number of benzene rings is 1. The topological polar surface area (TPSA) is 46.8 Å². The second kappa shape index (κ2) is 4.65. The number of fused-ring (bicyclic) bond motifs is 1. The van der Waals surface area contributed by atoms with Crippen LogP contribution in [0.4, 0.5) is 0 Å². The number of nitrogens with zero attached hydrogens (tertiary/aromatic N) is 2. The lowest BCUT2D eigenvalue weighted by molar-refractivity contribution is 0.414. The van der Waals surface area contributed by atoms with Crippen molar-refractivity contribution in [2.24, 2.45) is 0 Å². The molecule has 0 unspecified atom stereocenters. The fourth-order valence-corrected chi connectivity index (χ4v) is 2.13. The minimum absolute atomic E-state index is 0.234. The summed E-state index contributed by atoms with van der Waals surface area (Å²) in [5.74, 6) is 1.96. The Morgan fingerprint density at radius 2 is 2.16 bits per heavy atom. The normalized spacial score (nSPS) is 10.8. The van der Waals surface area contributed by atoms with E-state index in [0.29, 0.717) is 6.42 Å². The first-order valence-electron chi connectivity index (χ1n) is 6.04. The number of aromatic hydroxyl groups is 1. The zero-order valence-corrected chi connectivity index (χ0v) is 10.6. The van der Waals surface area contributed by atoms with E-state index in [1.165, 1.54) is 0 Å². The zero-order valence-electron chi connectivity index (χ0n) is 10.6. The summed E-state index contributed by atoms with van der Waals surface area (Å²) in [6.45, 7) is 0. The quantitative estimate of drug-likeness (QED) is 0.781. The maximum atomic E-state index is 9.55. The van der Waals surface area contributed by atoms with E-state index in [1.54, 1.807) is 25.6 Å². The van der Waals surface area contributed by atoms with Crippen LogP contribution in [0.3, 0.4) is 0 Å². The molecule has 19 heavy (non-hydrogen) atoms. The van der Waals surface area contributed by atoms with Crippen LogP contribution in [0.25, 0.3) is 5.52 Å². The molecule has 0 bridgehead atoms. The highest BCUT2D eigenvalue weighted by molar-refractivity contribution is 5.48. The van der Waals surface area contributed by atoms with Gasteiger partial charge in [0.05, 0.1) is 25.0 Å².